The first kappa shape index (κ1) is 20.6. The van der Waals surface area contributed by atoms with Crippen LogP contribution in [0.1, 0.15) is 31.2 Å². The summed E-state index contributed by atoms with van der Waals surface area (Å²) >= 11 is 12.0. The summed E-state index contributed by atoms with van der Waals surface area (Å²) < 4.78 is 0. The first-order valence-electron chi connectivity index (χ1n) is 9.10. The first-order chi connectivity index (χ1) is 13.4. The van der Waals surface area contributed by atoms with E-state index in [4.69, 9.17) is 28.9 Å². The highest BCUT2D eigenvalue weighted by molar-refractivity contribution is 6.34. The Bertz CT molecular complexity index is 823. The maximum Gasteiger partial charge on any atom is 0.329 e. The van der Waals surface area contributed by atoms with Gasteiger partial charge in [-0.15, -0.1) is 0 Å². The second-order valence-corrected chi connectivity index (χ2v) is 7.85. The van der Waals surface area contributed by atoms with Crippen molar-refractivity contribution >= 4 is 40.7 Å². The van der Waals surface area contributed by atoms with Gasteiger partial charge in [-0.25, -0.2) is 4.98 Å². The molecule has 0 bridgehead atoms. The topological polar surface area (TPSA) is 119 Å². The van der Waals surface area contributed by atoms with E-state index in [1.807, 2.05) is 0 Å². The Morgan fingerprint density at radius 3 is 2.46 bits per heavy atom. The van der Waals surface area contributed by atoms with Crippen LogP contribution in [-0.4, -0.2) is 27.5 Å². The number of hydrogen-bond donors (Lipinski definition) is 3. The van der Waals surface area contributed by atoms with Crippen molar-refractivity contribution in [1.29, 1.82) is 0 Å². The Kier molecular flexibility index (Phi) is 6.88. The van der Waals surface area contributed by atoms with E-state index in [0.717, 1.165) is 31.2 Å². The summed E-state index contributed by atoms with van der Waals surface area (Å²) in [5, 5.41) is 18.5. The predicted molar refractivity (Wildman–Crippen MR) is 111 cm³/mol. The van der Waals surface area contributed by atoms with Gasteiger partial charge >= 0.3 is 5.69 Å². The van der Waals surface area contributed by atoms with Crippen molar-refractivity contribution < 1.29 is 4.92 Å². The summed E-state index contributed by atoms with van der Waals surface area (Å²) in [5.74, 6) is 0.927. The Balaban J connectivity index is 1.67. The Morgan fingerprint density at radius 2 is 1.82 bits per heavy atom. The molecule has 0 radical (unpaired) electrons. The minimum atomic E-state index is -0.486. The van der Waals surface area contributed by atoms with Crippen LogP contribution in [0.15, 0.2) is 24.4 Å². The van der Waals surface area contributed by atoms with Crippen LogP contribution in [0, 0.1) is 16.0 Å². The number of nitrogens with two attached hydrogens (primary N) is 1. The lowest BCUT2D eigenvalue weighted by atomic mass is 9.86. The van der Waals surface area contributed by atoms with Gasteiger partial charge in [-0.3, -0.25) is 10.1 Å². The fourth-order valence-electron chi connectivity index (χ4n) is 3.25. The van der Waals surface area contributed by atoms with E-state index in [9.17, 15) is 10.1 Å². The monoisotopic (exact) mass is 424 g/mol. The molecule has 4 N–H and O–H groups in total. The van der Waals surface area contributed by atoms with Gasteiger partial charge in [-0.2, -0.15) is 4.98 Å². The standard InChI is InChI=1S/C18H22Cl2N6O2/c19-13-5-12(6-14(20)7-13)9-23-18-24-10-16(26(27)28)17(25-18)22-8-11-1-3-15(21)4-2-11/h5-7,10-11,15H,1-4,8-9,21H2,(H2,22,23,24,25)/t11-,15-. The number of nitro groups is 1. The number of nitrogens with zero attached hydrogens (tertiary/aromatic N) is 3. The average Bonchev–Trinajstić information content (AvgIpc) is 2.65. The minimum absolute atomic E-state index is 0.149. The van der Waals surface area contributed by atoms with Crippen LogP contribution >= 0.6 is 23.2 Å². The van der Waals surface area contributed by atoms with Gasteiger partial charge in [0.1, 0.15) is 6.20 Å². The molecule has 0 spiro atoms. The van der Waals surface area contributed by atoms with E-state index >= 15 is 0 Å². The van der Waals surface area contributed by atoms with Crippen molar-refractivity contribution in [2.45, 2.75) is 38.3 Å². The number of aromatic nitrogens is 2. The normalized spacial score (nSPS) is 19.2. The molecule has 1 aromatic carbocycles. The highest BCUT2D eigenvalue weighted by Crippen LogP contribution is 2.27. The molecule has 1 heterocycles. The minimum Gasteiger partial charge on any atom is -0.364 e. The van der Waals surface area contributed by atoms with E-state index in [-0.39, 0.29) is 23.5 Å². The van der Waals surface area contributed by atoms with Crippen molar-refractivity contribution in [2.24, 2.45) is 11.7 Å². The third-order valence-corrected chi connectivity index (χ3v) is 5.23. The van der Waals surface area contributed by atoms with Crippen molar-refractivity contribution in [2.75, 3.05) is 17.2 Å². The molecule has 1 aliphatic rings. The molecule has 10 heteroatoms. The van der Waals surface area contributed by atoms with Crippen LogP contribution in [0.3, 0.4) is 0 Å². The van der Waals surface area contributed by atoms with Gasteiger partial charge in [0, 0.05) is 29.2 Å². The van der Waals surface area contributed by atoms with Gasteiger partial charge in [0.2, 0.25) is 11.8 Å². The number of hydrogen-bond acceptors (Lipinski definition) is 7. The number of rotatable bonds is 7. The van der Waals surface area contributed by atoms with Crippen molar-refractivity contribution in [3.63, 3.8) is 0 Å². The summed E-state index contributed by atoms with van der Waals surface area (Å²) in [6.07, 6.45) is 5.18. The fourth-order valence-corrected chi connectivity index (χ4v) is 3.82. The van der Waals surface area contributed by atoms with E-state index in [1.54, 1.807) is 18.2 Å². The second kappa shape index (κ2) is 9.36. The van der Waals surface area contributed by atoms with Crippen molar-refractivity contribution in [3.05, 3.63) is 50.1 Å². The molecule has 1 fully saturated rings. The maximum atomic E-state index is 11.3. The SMILES string of the molecule is N[C@H]1CC[C@H](CNc2nc(NCc3cc(Cl)cc(Cl)c3)ncc2[N+](=O)[O-])CC1. The molecule has 0 saturated heterocycles. The quantitative estimate of drug-likeness (QED) is 0.449. The summed E-state index contributed by atoms with van der Waals surface area (Å²) in [5.41, 5.74) is 6.64. The smallest absolute Gasteiger partial charge is 0.329 e. The molecule has 1 aliphatic carbocycles. The highest BCUT2D eigenvalue weighted by Gasteiger charge is 2.21. The third-order valence-electron chi connectivity index (χ3n) is 4.79. The average molecular weight is 425 g/mol. The lowest BCUT2D eigenvalue weighted by molar-refractivity contribution is -0.384. The van der Waals surface area contributed by atoms with Crippen molar-refractivity contribution in [1.82, 2.24) is 9.97 Å². The molecule has 150 valence electrons. The summed E-state index contributed by atoms with van der Waals surface area (Å²) in [6.45, 7) is 1.01. The highest BCUT2D eigenvalue weighted by atomic mass is 35.5. The zero-order valence-corrected chi connectivity index (χ0v) is 16.7. The van der Waals surface area contributed by atoms with E-state index in [0.29, 0.717) is 29.1 Å². The van der Waals surface area contributed by atoms with Crippen LogP contribution in [0.5, 0.6) is 0 Å². The molecule has 0 aliphatic heterocycles. The van der Waals surface area contributed by atoms with Gasteiger partial charge in [-0.05, 0) is 55.4 Å². The molecule has 0 atom stereocenters. The zero-order chi connectivity index (χ0) is 20.1. The predicted octanol–water partition coefficient (Wildman–Crippen LogP) is 4.23. The van der Waals surface area contributed by atoms with Gasteiger partial charge < -0.3 is 16.4 Å². The van der Waals surface area contributed by atoms with Gasteiger partial charge in [-0.1, -0.05) is 23.2 Å². The number of anilines is 2. The lowest BCUT2D eigenvalue weighted by Gasteiger charge is -2.26. The van der Waals surface area contributed by atoms with Gasteiger partial charge in [0.15, 0.2) is 0 Å². The van der Waals surface area contributed by atoms with Crippen LogP contribution in [0.25, 0.3) is 0 Å². The lowest BCUT2D eigenvalue weighted by Crippen LogP contribution is -2.29. The van der Waals surface area contributed by atoms with Crippen LogP contribution in [0.2, 0.25) is 10.0 Å². The van der Waals surface area contributed by atoms with Crippen LogP contribution in [-0.2, 0) is 6.54 Å². The number of halogens is 2. The molecule has 0 unspecified atom stereocenters. The van der Waals surface area contributed by atoms with Gasteiger partial charge in [0.05, 0.1) is 4.92 Å². The van der Waals surface area contributed by atoms with E-state index in [1.165, 1.54) is 6.20 Å². The largest absolute Gasteiger partial charge is 0.364 e. The fraction of sp³-hybridized carbons (Fsp3) is 0.444. The number of nitrogens with one attached hydrogen (secondary N) is 2. The molecular formula is C18H22Cl2N6O2. The summed E-state index contributed by atoms with van der Waals surface area (Å²) in [4.78, 5) is 19.1. The Labute approximate surface area is 173 Å². The Morgan fingerprint density at radius 1 is 1.14 bits per heavy atom. The summed E-state index contributed by atoms with van der Waals surface area (Å²) in [6, 6.07) is 5.47. The second-order valence-electron chi connectivity index (χ2n) is 6.98. The van der Waals surface area contributed by atoms with Gasteiger partial charge in [0.25, 0.3) is 0 Å². The van der Waals surface area contributed by atoms with E-state index in [2.05, 4.69) is 20.6 Å². The first-order valence-corrected chi connectivity index (χ1v) is 9.86. The molecule has 1 saturated carbocycles. The molecular weight excluding hydrogens is 403 g/mol. The maximum absolute atomic E-state index is 11.3. The molecule has 2 aromatic rings. The van der Waals surface area contributed by atoms with E-state index < -0.39 is 4.92 Å². The molecule has 28 heavy (non-hydrogen) atoms. The molecule has 0 amide bonds. The number of benzene rings is 1. The molecule has 1 aromatic heterocycles. The zero-order valence-electron chi connectivity index (χ0n) is 15.2. The molecule has 8 nitrogen and oxygen atoms in total. The van der Waals surface area contributed by atoms with Crippen LogP contribution in [0.4, 0.5) is 17.5 Å². The Hall–Kier alpha value is -2.16. The van der Waals surface area contributed by atoms with Crippen LogP contribution < -0.4 is 16.4 Å². The van der Waals surface area contributed by atoms with Crippen molar-refractivity contribution in [3.8, 4) is 0 Å². The summed E-state index contributed by atoms with van der Waals surface area (Å²) in [7, 11) is 0. The molecule has 3 rings (SSSR count). The third kappa shape index (κ3) is 5.67.